The fourth-order valence-electron chi connectivity index (χ4n) is 2.94. The number of anilines is 3. The zero-order valence-corrected chi connectivity index (χ0v) is 17.7. The number of aromatic nitrogens is 2. The van der Waals surface area contributed by atoms with Crippen molar-refractivity contribution < 1.29 is 13.2 Å². The summed E-state index contributed by atoms with van der Waals surface area (Å²) in [5, 5.41) is 3.11. The molecule has 3 rings (SSSR count). The second kappa shape index (κ2) is 8.02. The van der Waals surface area contributed by atoms with Crippen LogP contribution in [0.2, 0.25) is 0 Å². The average molecular weight is 465 g/mol. The number of aryl methyl sites for hydroxylation is 1. The van der Waals surface area contributed by atoms with Gasteiger partial charge in [-0.1, -0.05) is 38.1 Å². The number of benzene rings is 2. The van der Waals surface area contributed by atoms with Crippen molar-refractivity contribution in [3.63, 3.8) is 0 Å². The number of hydrogen-bond acceptors (Lipinski definition) is 4. The van der Waals surface area contributed by atoms with Crippen LogP contribution in [0.1, 0.15) is 36.7 Å². The SMILES string of the molecule is Cc1nc(Nc2ccc(C(C)C)cc2Br)c(N)c(-c2ccccc2C(F)(F)F)n1. The highest BCUT2D eigenvalue weighted by Gasteiger charge is 2.34. The van der Waals surface area contributed by atoms with E-state index in [1.54, 1.807) is 6.92 Å². The highest BCUT2D eigenvalue weighted by Crippen LogP contribution is 2.40. The summed E-state index contributed by atoms with van der Waals surface area (Å²) in [7, 11) is 0. The van der Waals surface area contributed by atoms with E-state index in [1.807, 2.05) is 18.2 Å². The third-order valence-electron chi connectivity index (χ3n) is 4.46. The molecule has 0 saturated heterocycles. The molecular weight excluding hydrogens is 445 g/mol. The average Bonchev–Trinajstić information content (AvgIpc) is 2.65. The Labute approximate surface area is 175 Å². The van der Waals surface area contributed by atoms with Crippen LogP contribution in [0.3, 0.4) is 0 Å². The highest BCUT2D eigenvalue weighted by atomic mass is 79.9. The van der Waals surface area contributed by atoms with Gasteiger partial charge in [-0.05, 0) is 52.5 Å². The third-order valence-corrected chi connectivity index (χ3v) is 5.11. The minimum absolute atomic E-state index is 0.0443. The molecule has 0 aliphatic rings. The second-order valence-electron chi connectivity index (χ2n) is 6.94. The van der Waals surface area contributed by atoms with Gasteiger partial charge in [0.1, 0.15) is 11.5 Å². The highest BCUT2D eigenvalue weighted by molar-refractivity contribution is 9.10. The molecule has 0 radical (unpaired) electrons. The van der Waals surface area contributed by atoms with E-state index in [1.165, 1.54) is 18.2 Å². The number of alkyl halides is 3. The molecule has 0 bridgehead atoms. The third kappa shape index (κ3) is 4.53. The molecule has 0 atom stereocenters. The van der Waals surface area contributed by atoms with E-state index in [0.29, 0.717) is 17.4 Å². The predicted molar refractivity (Wildman–Crippen MR) is 113 cm³/mol. The van der Waals surface area contributed by atoms with E-state index >= 15 is 0 Å². The molecule has 0 unspecified atom stereocenters. The maximum absolute atomic E-state index is 13.5. The molecule has 3 N–H and O–H groups in total. The molecule has 8 heteroatoms. The lowest BCUT2D eigenvalue weighted by molar-refractivity contribution is -0.137. The van der Waals surface area contributed by atoms with Gasteiger partial charge < -0.3 is 11.1 Å². The molecule has 0 saturated carbocycles. The number of halogens is 4. The number of hydrogen-bond donors (Lipinski definition) is 2. The van der Waals surface area contributed by atoms with E-state index in [2.05, 4.69) is 45.1 Å². The van der Waals surface area contributed by atoms with Gasteiger partial charge in [-0.25, -0.2) is 9.97 Å². The predicted octanol–water partition coefficient (Wildman–Crippen LogP) is 6.68. The lowest BCUT2D eigenvalue weighted by Gasteiger charge is -2.17. The van der Waals surface area contributed by atoms with Crippen molar-refractivity contribution in [3.05, 3.63) is 63.9 Å². The Bertz CT molecular complexity index is 1050. The lowest BCUT2D eigenvalue weighted by atomic mass is 10.0. The summed E-state index contributed by atoms with van der Waals surface area (Å²) in [5.74, 6) is 0.920. The summed E-state index contributed by atoms with van der Waals surface area (Å²) in [5.41, 5.74) is 7.27. The van der Waals surface area contributed by atoms with E-state index in [-0.39, 0.29) is 22.8 Å². The van der Waals surface area contributed by atoms with Gasteiger partial charge in [-0.15, -0.1) is 0 Å². The van der Waals surface area contributed by atoms with Crippen LogP contribution < -0.4 is 11.1 Å². The molecule has 4 nitrogen and oxygen atoms in total. The Hall–Kier alpha value is -2.61. The molecule has 1 heterocycles. The first-order valence-electron chi connectivity index (χ1n) is 8.95. The normalized spacial score (nSPS) is 11.7. The molecule has 152 valence electrons. The Balaban J connectivity index is 2.08. The molecule has 0 aliphatic carbocycles. The minimum Gasteiger partial charge on any atom is -0.394 e. The van der Waals surface area contributed by atoms with Gasteiger partial charge in [0.05, 0.1) is 16.9 Å². The van der Waals surface area contributed by atoms with Crippen LogP contribution in [-0.4, -0.2) is 9.97 Å². The van der Waals surface area contributed by atoms with Gasteiger partial charge in [-0.2, -0.15) is 13.2 Å². The maximum atomic E-state index is 13.5. The van der Waals surface area contributed by atoms with Crippen LogP contribution in [0.4, 0.5) is 30.4 Å². The van der Waals surface area contributed by atoms with Crippen LogP contribution >= 0.6 is 15.9 Å². The standard InChI is InChI=1S/C21H20BrF3N4/c1-11(2)13-8-9-17(16(22)10-13)29-20-18(26)19(27-12(3)28-20)14-6-4-5-7-15(14)21(23,24)25/h4-11H,26H2,1-3H3,(H,27,28,29). The molecule has 0 spiro atoms. The fourth-order valence-corrected chi connectivity index (χ4v) is 3.43. The number of nitrogen functional groups attached to an aromatic ring is 1. The number of nitrogens with one attached hydrogen (secondary N) is 1. The Kier molecular flexibility index (Phi) is 5.84. The van der Waals surface area contributed by atoms with Gasteiger partial charge >= 0.3 is 6.18 Å². The van der Waals surface area contributed by atoms with Gasteiger partial charge in [0.25, 0.3) is 0 Å². The quantitative estimate of drug-likeness (QED) is 0.451. The van der Waals surface area contributed by atoms with Crippen LogP contribution in [0.5, 0.6) is 0 Å². The summed E-state index contributed by atoms with van der Waals surface area (Å²) < 4.78 is 41.2. The van der Waals surface area contributed by atoms with Crippen molar-refractivity contribution in [2.45, 2.75) is 32.9 Å². The topological polar surface area (TPSA) is 63.8 Å². The van der Waals surface area contributed by atoms with Gasteiger partial charge in [0.15, 0.2) is 5.82 Å². The largest absolute Gasteiger partial charge is 0.417 e. The van der Waals surface area contributed by atoms with Crippen molar-refractivity contribution in [3.8, 4) is 11.3 Å². The summed E-state index contributed by atoms with van der Waals surface area (Å²) in [6, 6.07) is 11.1. The molecule has 2 aromatic carbocycles. The van der Waals surface area contributed by atoms with Crippen LogP contribution in [-0.2, 0) is 6.18 Å². The van der Waals surface area contributed by atoms with Crippen molar-refractivity contribution in [2.24, 2.45) is 0 Å². The summed E-state index contributed by atoms with van der Waals surface area (Å²) in [4.78, 5) is 8.49. The molecule has 29 heavy (non-hydrogen) atoms. The van der Waals surface area contributed by atoms with E-state index in [4.69, 9.17) is 5.73 Å². The first-order chi connectivity index (χ1) is 13.6. The van der Waals surface area contributed by atoms with Crippen molar-refractivity contribution in [2.75, 3.05) is 11.1 Å². The smallest absolute Gasteiger partial charge is 0.394 e. The number of rotatable bonds is 4. The number of nitrogens with zero attached hydrogens (tertiary/aromatic N) is 2. The van der Waals surface area contributed by atoms with Gasteiger partial charge in [0.2, 0.25) is 0 Å². The zero-order valence-electron chi connectivity index (χ0n) is 16.1. The van der Waals surface area contributed by atoms with Gasteiger partial charge in [-0.3, -0.25) is 0 Å². The molecule has 3 aromatic rings. The second-order valence-corrected chi connectivity index (χ2v) is 7.80. The van der Waals surface area contributed by atoms with Crippen molar-refractivity contribution in [1.82, 2.24) is 9.97 Å². The molecular formula is C21H20BrF3N4. The molecule has 0 aliphatic heterocycles. The summed E-state index contributed by atoms with van der Waals surface area (Å²) in [6.45, 7) is 5.79. The fraction of sp³-hybridized carbons (Fsp3) is 0.238. The lowest BCUT2D eigenvalue weighted by Crippen LogP contribution is -2.10. The van der Waals surface area contributed by atoms with Crippen LogP contribution in [0, 0.1) is 6.92 Å². The van der Waals surface area contributed by atoms with Crippen LogP contribution in [0.25, 0.3) is 11.3 Å². The van der Waals surface area contributed by atoms with Crippen LogP contribution in [0.15, 0.2) is 46.9 Å². The Morgan fingerprint density at radius 1 is 1.07 bits per heavy atom. The molecule has 0 fully saturated rings. The maximum Gasteiger partial charge on any atom is 0.417 e. The van der Waals surface area contributed by atoms with E-state index < -0.39 is 11.7 Å². The first kappa shape index (κ1) is 21.1. The molecule has 0 amide bonds. The minimum atomic E-state index is -4.52. The van der Waals surface area contributed by atoms with E-state index in [0.717, 1.165) is 16.1 Å². The van der Waals surface area contributed by atoms with Crippen molar-refractivity contribution >= 4 is 33.1 Å². The van der Waals surface area contributed by atoms with Crippen molar-refractivity contribution in [1.29, 1.82) is 0 Å². The summed E-state index contributed by atoms with van der Waals surface area (Å²) >= 11 is 3.52. The zero-order chi connectivity index (χ0) is 21.3. The Morgan fingerprint density at radius 3 is 2.38 bits per heavy atom. The van der Waals surface area contributed by atoms with Gasteiger partial charge in [0, 0.05) is 10.0 Å². The summed E-state index contributed by atoms with van der Waals surface area (Å²) in [6.07, 6.45) is -4.52. The first-order valence-corrected chi connectivity index (χ1v) is 9.74. The van der Waals surface area contributed by atoms with E-state index in [9.17, 15) is 13.2 Å². The molecule has 1 aromatic heterocycles. The number of nitrogens with two attached hydrogens (primary N) is 1. The Morgan fingerprint density at radius 2 is 1.76 bits per heavy atom. The monoisotopic (exact) mass is 464 g/mol.